The molecule has 328 valence electrons. The number of amides is 3. The van der Waals surface area contributed by atoms with Gasteiger partial charge in [0.1, 0.15) is 23.1 Å². The van der Waals surface area contributed by atoms with E-state index in [2.05, 4.69) is 15.6 Å². The largest absolute Gasteiger partial charge is 0.443 e. The van der Waals surface area contributed by atoms with E-state index < -0.39 is 56.2 Å². The summed E-state index contributed by atoms with van der Waals surface area (Å²) in [5, 5.41) is 6.39. The second kappa shape index (κ2) is 18.5. The molecular formula is C47H55FN6O7S. The number of rotatable bonds is 14. The van der Waals surface area contributed by atoms with Crippen molar-refractivity contribution >= 4 is 55.9 Å². The molecule has 1 atom stereocenters. The molecule has 62 heavy (non-hydrogen) atoms. The Balaban J connectivity index is 1.35. The van der Waals surface area contributed by atoms with Crippen molar-refractivity contribution in [3.63, 3.8) is 0 Å². The molecule has 1 aromatic heterocycles. The Morgan fingerprint density at radius 2 is 1.52 bits per heavy atom. The van der Waals surface area contributed by atoms with Crippen LogP contribution >= 0.6 is 0 Å². The molecule has 1 heterocycles. The number of aromatic nitrogens is 1. The topological polar surface area (TPSA) is 173 Å². The van der Waals surface area contributed by atoms with Gasteiger partial charge in [0.15, 0.2) is 15.7 Å². The number of benzene rings is 4. The number of halogens is 1. The number of nitrogens with two attached hydrogens (primary N) is 1. The van der Waals surface area contributed by atoms with Crippen LogP contribution in [-0.4, -0.2) is 66.4 Å². The number of nitrogens with zero attached hydrogens (tertiary/aromatic N) is 3. The fourth-order valence-corrected chi connectivity index (χ4v) is 8.74. The van der Waals surface area contributed by atoms with Gasteiger partial charge in [-0.3, -0.25) is 4.79 Å². The van der Waals surface area contributed by atoms with Crippen LogP contribution < -0.4 is 21.3 Å². The highest BCUT2D eigenvalue weighted by molar-refractivity contribution is 7.92. The number of fused-ring (bicyclic) bond motifs is 1. The average Bonchev–Trinajstić information content (AvgIpc) is 4.06. The summed E-state index contributed by atoms with van der Waals surface area (Å²) in [4.78, 5) is 48.1. The lowest BCUT2D eigenvalue weighted by Gasteiger charge is -2.29. The molecule has 4 N–H and O–H groups in total. The number of imide groups is 1. The van der Waals surface area contributed by atoms with Crippen LogP contribution in [0.2, 0.25) is 0 Å². The number of nitrogens with one attached hydrogen (secondary N) is 2. The minimum absolute atomic E-state index is 0.00963. The Kier molecular flexibility index (Phi) is 13.6. The Morgan fingerprint density at radius 3 is 2.16 bits per heavy atom. The molecule has 3 amide bonds. The number of ether oxygens (including phenoxy) is 2. The number of hydrogen-bond donors (Lipinski definition) is 3. The van der Waals surface area contributed by atoms with Crippen molar-refractivity contribution in [3.05, 3.63) is 125 Å². The number of pyridine rings is 1. The molecule has 0 aliphatic heterocycles. The van der Waals surface area contributed by atoms with Gasteiger partial charge in [0.2, 0.25) is 5.91 Å². The fourth-order valence-electron chi connectivity index (χ4n) is 6.88. The first kappa shape index (κ1) is 45.5. The Bertz CT molecular complexity index is 2530. The van der Waals surface area contributed by atoms with Crippen LogP contribution in [0.5, 0.6) is 0 Å². The third-order valence-corrected chi connectivity index (χ3v) is 12.3. The molecular weight excluding hydrogens is 812 g/mol. The number of nitrogen functional groups attached to an aromatic ring is 1. The summed E-state index contributed by atoms with van der Waals surface area (Å²) in [6.07, 6.45) is 0.585. The molecule has 1 aliphatic rings. The molecule has 5 aromatic rings. The molecule has 1 fully saturated rings. The zero-order valence-electron chi connectivity index (χ0n) is 36.2. The second-order valence-electron chi connectivity index (χ2n) is 17.5. The first-order chi connectivity index (χ1) is 29.2. The highest BCUT2D eigenvalue weighted by Gasteiger charge is 2.39. The highest BCUT2D eigenvalue weighted by atomic mass is 32.2. The summed E-state index contributed by atoms with van der Waals surface area (Å²) in [7, 11) is -2.03. The summed E-state index contributed by atoms with van der Waals surface area (Å²) >= 11 is 0. The van der Waals surface area contributed by atoms with E-state index in [4.69, 9.17) is 15.2 Å². The van der Waals surface area contributed by atoms with Crippen LogP contribution in [0.15, 0.2) is 102 Å². The summed E-state index contributed by atoms with van der Waals surface area (Å²) in [6, 6.07) is 25.8. The van der Waals surface area contributed by atoms with Gasteiger partial charge in [0.25, 0.3) is 0 Å². The molecule has 0 bridgehead atoms. The normalized spacial score (nSPS) is 13.6. The monoisotopic (exact) mass is 866 g/mol. The maximum absolute atomic E-state index is 15.8. The number of carbonyl (C=O) groups excluding carboxylic acids is 3. The lowest BCUT2D eigenvalue weighted by molar-refractivity contribution is -0.131. The Labute approximate surface area is 362 Å². The smallest absolute Gasteiger partial charge is 0.425 e. The number of carbonyl (C=O) groups is 3. The lowest BCUT2D eigenvalue weighted by Crippen LogP contribution is -2.44. The van der Waals surface area contributed by atoms with E-state index in [-0.39, 0.29) is 28.0 Å². The highest BCUT2D eigenvalue weighted by Crippen LogP contribution is 2.37. The standard InChI is InChI=1S/C47H55FN6O7S/c1-46(2,3)60-44(56)54(45(57)61-47(4,5)6)42-37-20-17-35(26-38(37)39(48)28-51-42)52-41(32-15-11-14-30(24-32)22-23-50-27-31-12-9-8-10-13-31)43(55)53(7)29-33-25-34(49)16-21-40(33)62(58,59)36-18-19-36/h8-17,20-21,24-26,28,36,41,50,52H,18-19,22-23,27,29,49H2,1-7H3. The summed E-state index contributed by atoms with van der Waals surface area (Å²) in [5.74, 6) is -1.37. The SMILES string of the molecule is CN(Cc1cc(N)ccc1S(=O)(=O)C1CC1)C(=O)C(Nc1ccc2c(N(C(=O)OC(C)(C)C)C(=O)OC(C)(C)C)ncc(F)c2c1)c1cccc(CCNCc2ccccc2)c1. The van der Waals surface area contributed by atoms with E-state index in [1.54, 1.807) is 66.8 Å². The van der Waals surface area contributed by atoms with Crippen molar-refractivity contribution in [1.82, 2.24) is 15.2 Å². The Hall–Kier alpha value is -6.06. The number of hydrogen-bond acceptors (Lipinski definition) is 11. The van der Waals surface area contributed by atoms with Crippen molar-refractivity contribution in [1.29, 1.82) is 0 Å². The van der Waals surface area contributed by atoms with Crippen LogP contribution in [0.25, 0.3) is 10.8 Å². The fraction of sp³-hybridized carbons (Fsp3) is 0.362. The predicted octanol–water partition coefficient (Wildman–Crippen LogP) is 8.71. The minimum Gasteiger partial charge on any atom is -0.443 e. The van der Waals surface area contributed by atoms with Crippen molar-refractivity contribution in [2.75, 3.05) is 29.5 Å². The first-order valence-electron chi connectivity index (χ1n) is 20.5. The molecule has 0 radical (unpaired) electrons. The average molecular weight is 867 g/mol. The van der Waals surface area contributed by atoms with E-state index >= 15 is 4.39 Å². The summed E-state index contributed by atoms with van der Waals surface area (Å²) in [5.41, 5.74) is 7.98. The number of likely N-dealkylation sites (N-methyl/N-ethyl adjacent to an activating group) is 1. The van der Waals surface area contributed by atoms with Crippen LogP contribution in [0.3, 0.4) is 0 Å². The Morgan fingerprint density at radius 1 is 0.855 bits per heavy atom. The first-order valence-corrected chi connectivity index (χ1v) is 22.1. The molecule has 15 heteroatoms. The van der Waals surface area contributed by atoms with Crippen LogP contribution in [0.4, 0.5) is 31.2 Å². The second-order valence-corrected chi connectivity index (χ2v) is 19.7. The third-order valence-electron chi connectivity index (χ3n) is 9.92. The third kappa shape index (κ3) is 11.4. The van der Waals surface area contributed by atoms with Crippen molar-refractivity contribution in [3.8, 4) is 0 Å². The number of sulfone groups is 1. The molecule has 6 rings (SSSR count). The molecule has 1 unspecified atom stereocenters. The molecule has 1 saturated carbocycles. The molecule has 4 aromatic carbocycles. The van der Waals surface area contributed by atoms with Gasteiger partial charge in [0.05, 0.1) is 16.3 Å². The van der Waals surface area contributed by atoms with Crippen molar-refractivity contribution < 1.29 is 36.7 Å². The summed E-state index contributed by atoms with van der Waals surface area (Å²) in [6.45, 7) is 11.2. The lowest BCUT2D eigenvalue weighted by atomic mass is 10.00. The van der Waals surface area contributed by atoms with Gasteiger partial charge in [-0.15, -0.1) is 0 Å². The zero-order chi connectivity index (χ0) is 45.0. The van der Waals surface area contributed by atoms with Gasteiger partial charge in [-0.2, -0.15) is 4.90 Å². The maximum Gasteiger partial charge on any atom is 0.425 e. The van der Waals surface area contributed by atoms with E-state index in [1.807, 2.05) is 54.6 Å². The van der Waals surface area contributed by atoms with Crippen LogP contribution in [0.1, 0.15) is 82.7 Å². The molecule has 0 spiro atoms. The maximum atomic E-state index is 15.8. The molecule has 13 nitrogen and oxygen atoms in total. The van der Waals surface area contributed by atoms with Crippen molar-refractivity contribution in [2.24, 2.45) is 0 Å². The number of anilines is 3. The predicted molar refractivity (Wildman–Crippen MR) is 239 cm³/mol. The molecule has 0 saturated heterocycles. The van der Waals surface area contributed by atoms with Gasteiger partial charge in [-0.1, -0.05) is 54.6 Å². The minimum atomic E-state index is -3.62. The van der Waals surface area contributed by atoms with Crippen LogP contribution in [0, 0.1) is 5.82 Å². The quantitative estimate of drug-likeness (QED) is 0.0720. The van der Waals surface area contributed by atoms with Gasteiger partial charge >= 0.3 is 12.2 Å². The van der Waals surface area contributed by atoms with E-state index in [0.717, 1.165) is 17.3 Å². The van der Waals surface area contributed by atoms with E-state index in [9.17, 15) is 22.8 Å². The van der Waals surface area contributed by atoms with E-state index in [0.29, 0.717) is 59.8 Å². The van der Waals surface area contributed by atoms with E-state index in [1.165, 1.54) is 23.1 Å². The van der Waals surface area contributed by atoms with Crippen molar-refractivity contribution in [2.45, 2.75) is 101 Å². The van der Waals surface area contributed by atoms with Gasteiger partial charge in [-0.25, -0.2) is 27.4 Å². The van der Waals surface area contributed by atoms with Gasteiger partial charge in [-0.05, 0) is 126 Å². The van der Waals surface area contributed by atoms with Gasteiger partial charge in [0, 0.05) is 42.3 Å². The van der Waals surface area contributed by atoms with Crippen LogP contribution in [-0.2, 0) is 43.6 Å². The van der Waals surface area contributed by atoms with Gasteiger partial charge < -0.3 is 30.7 Å². The molecule has 1 aliphatic carbocycles. The summed E-state index contributed by atoms with van der Waals surface area (Å²) < 4.78 is 53.8. The zero-order valence-corrected chi connectivity index (χ0v) is 37.0.